The quantitative estimate of drug-likeness (QED) is 0.563. The number of amides is 4. The number of aryl methyl sites for hydroxylation is 2. The Labute approximate surface area is 206 Å². The molecule has 2 aliphatic rings. The predicted molar refractivity (Wildman–Crippen MR) is 133 cm³/mol. The molecule has 8 nitrogen and oxygen atoms in total. The maximum absolute atomic E-state index is 13.2. The summed E-state index contributed by atoms with van der Waals surface area (Å²) >= 11 is 0. The van der Waals surface area contributed by atoms with Gasteiger partial charge in [0, 0.05) is 37.3 Å². The van der Waals surface area contributed by atoms with Gasteiger partial charge in [-0.3, -0.25) is 14.5 Å². The third kappa shape index (κ3) is 5.48. The number of nitrogens with one attached hydrogen (secondary N) is 2. The molecule has 0 aliphatic carbocycles. The molecule has 2 aliphatic heterocycles. The van der Waals surface area contributed by atoms with Crippen molar-refractivity contribution in [3.63, 3.8) is 0 Å². The van der Waals surface area contributed by atoms with Crippen molar-refractivity contribution in [3.05, 3.63) is 59.2 Å². The largest absolute Gasteiger partial charge is 0.497 e. The summed E-state index contributed by atoms with van der Waals surface area (Å²) in [7, 11) is 1.62. The highest BCUT2D eigenvalue weighted by Crippen LogP contribution is 2.37. The molecule has 0 radical (unpaired) electrons. The van der Waals surface area contributed by atoms with Crippen LogP contribution in [0.4, 0.5) is 10.5 Å². The van der Waals surface area contributed by atoms with E-state index in [-0.39, 0.29) is 36.6 Å². The Morgan fingerprint density at radius 1 is 1.14 bits per heavy atom. The van der Waals surface area contributed by atoms with E-state index in [0.717, 1.165) is 28.1 Å². The summed E-state index contributed by atoms with van der Waals surface area (Å²) in [6.07, 6.45) is 1.80. The second-order valence-corrected chi connectivity index (χ2v) is 9.45. The molecule has 2 heterocycles. The topological polar surface area (TPSA) is 97.0 Å². The Kier molecular flexibility index (Phi) is 7.40. The fourth-order valence-corrected chi connectivity index (χ4v) is 4.83. The van der Waals surface area contributed by atoms with Gasteiger partial charge in [0.15, 0.2) is 0 Å². The van der Waals surface area contributed by atoms with Crippen LogP contribution in [-0.2, 0) is 19.7 Å². The van der Waals surface area contributed by atoms with E-state index in [9.17, 15) is 14.4 Å². The number of nitrogens with zero attached hydrogens (tertiary/aromatic N) is 1. The highest BCUT2D eigenvalue weighted by Gasteiger charge is 2.44. The summed E-state index contributed by atoms with van der Waals surface area (Å²) in [6, 6.07) is 12.5. The highest BCUT2D eigenvalue weighted by atomic mass is 16.5. The van der Waals surface area contributed by atoms with Crippen molar-refractivity contribution < 1.29 is 23.9 Å². The number of anilines is 1. The molecule has 186 valence electrons. The van der Waals surface area contributed by atoms with Crippen molar-refractivity contribution in [1.82, 2.24) is 10.2 Å². The molecule has 2 aromatic rings. The zero-order chi connectivity index (χ0) is 25.0. The smallest absolute Gasteiger partial charge is 0.324 e. The lowest BCUT2D eigenvalue weighted by atomic mass is 9.73. The lowest BCUT2D eigenvalue weighted by Gasteiger charge is -2.39. The van der Waals surface area contributed by atoms with Gasteiger partial charge in [-0.1, -0.05) is 24.3 Å². The second-order valence-electron chi connectivity index (χ2n) is 9.45. The van der Waals surface area contributed by atoms with Crippen LogP contribution >= 0.6 is 0 Å². The van der Waals surface area contributed by atoms with Crippen molar-refractivity contribution in [2.24, 2.45) is 0 Å². The van der Waals surface area contributed by atoms with Crippen LogP contribution in [0, 0.1) is 13.8 Å². The Morgan fingerprint density at radius 2 is 1.86 bits per heavy atom. The minimum Gasteiger partial charge on any atom is -0.497 e. The van der Waals surface area contributed by atoms with E-state index in [1.807, 2.05) is 56.3 Å². The van der Waals surface area contributed by atoms with Crippen molar-refractivity contribution in [3.8, 4) is 5.75 Å². The van der Waals surface area contributed by atoms with E-state index < -0.39 is 12.1 Å². The van der Waals surface area contributed by atoms with Crippen LogP contribution in [0.15, 0.2) is 42.5 Å². The fraction of sp³-hybridized carbons (Fsp3) is 0.444. The molecule has 8 heteroatoms. The second kappa shape index (κ2) is 10.5. The van der Waals surface area contributed by atoms with Crippen LogP contribution in [-0.4, -0.2) is 55.7 Å². The zero-order valence-corrected chi connectivity index (χ0v) is 20.6. The number of hydrogen-bond acceptors (Lipinski definition) is 5. The number of ether oxygens (including phenoxy) is 2. The van der Waals surface area contributed by atoms with Crippen molar-refractivity contribution in [2.75, 3.05) is 32.2 Å². The number of rotatable bonds is 8. The number of benzene rings is 2. The SMILES string of the molecule is COc1ccc(C2(CN3C(=O)NC(CCC(=O)Nc4cc(C)ccc4C)C3=O)CCOCC2)cc1. The minimum absolute atomic E-state index is 0.134. The molecule has 2 saturated heterocycles. The van der Waals surface area contributed by atoms with Crippen LogP contribution in [0.5, 0.6) is 5.75 Å². The van der Waals surface area contributed by atoms with Gasteiger partial charge in [0.1, 0.15) is 11.8 Å². The molecular formula is C27H33N3O5. The van der Waals surface area contributed by atoms with Crippen molar-refractivity contribution in [1.29, 1.82) is 0 Å². The molecule has 0 aromatic heterocycles. The standard InChI is InChI=1S/C27H33N3O5/c1-18-4-5-19(2)23(16-18)28-24(31)11-10-22-25(32)30(26(33)29-22)17-27(12-14-35-15-13-27)20-6-8-21(34-3)9-7-20/h4-9,16,22H,10-15,17H2,1-3H3,(H,28,31)(H,29,33). The average Bonchev–Trinajstić information content (AvgIpc) is 3.13. The fourth-order valence-electron chi connectivity index (χ4n) is 4.83. The van der Waals surface area contributed by atoms with Gasteiger partial charge in [0.25, 0.3) is 5.91 Å². The summed E-state index contributed by atoms with van der Waals surface area (Å²) < 4.78 is 10.9. The third-order valence-corrected chi connectivity index (χ3v) is 7.05. The van der Waals surface area contributed by atoms with Crippen LogP contribution in [0.3, 0.4) is 0 Å². The normalized spacial score (nSPS) is 19.4. The van der Waals surface area contributed by atoms with E-state index in [2.05, 4.69) is 10.6 Å². The molecule has 1 atom stereocenters. The number of hydrogen-bond donors (Lipinski definition) is 2. The van der Waals surface area contributed by atoms with Gasteiger partial charge >= 0.3 is 6.03 Å². The summed E-state index contributed by atoms with van der Waals surface area (Å²) in [5, 5.41) is 5.69. The summed E-state index contributed by atoms with van der Waals surface area (Å²) in [5.74, 6) is 0.289. The van der Waals surface area contributed by atoms with Gasteiger partial charge in [0.2, 0.25) is 5.91 Å². The molecule has 0 saturated carbocycles. The maximum atomic E-state index is 13.2. The molecule has 4 rings (SSSR count). The van der Waals surface area contributed by atoms with Crippen LogP contribution in [0.1, 0.15) is 42.4 Å². The minimum atomic E-state index is -0.709. The number of carbonyl (C=O) groups excluding carboxylic acids is 3. The van der Waals surface area contributed by atoms with E-state index in [1.54, 1.807) is 7.11 Å². The molecule has 2 N–H and O–H groups in total. The van der Waals surface area contributed by atoms with Crippen molar-refractivity contribution >= 4 is 23.5 Å². The number of methoxy groups -OCH3 is 1. The highest BCUT2D eigenvalue weighted by molar-refractivity contribution is 6.04. The van der Waals surface area contributed by atoms with Crippen molar-refractivity contribution in [2.45, 2.75) is 51.0 Å². The first kappa shape index (κ1) is 24.7. The zero-order valence-electron chi connectivity index (χ0n) is 20.6. The molecule has 0 bridgehead atoms. The first-order valence-electron chi connectivity index (χ1n) is 12.0. The number of urea groups is 1. The Balaban J connectivity index is 1.41. The van der Waals surface area contributed by atoms with E-state index >= 15 is 0 Å². The average molecular weight is 480 g/mol. The lowest BCUT2D eigenvalue weighted by molar-refractivity contribution is -0.128. The van der Waals surface area contributed by atoms with Gasteiger partial charge in [-0.2, -0.15) is 0 Å². The van der Waals surface area contributed by atoms with Gasteiger partial charge in [-0.25, -0.2) is 4.79 Å². The van der Waals surface area contributed by atoms with E-state index in [4.69, 9.17) is 9.47 Å². The Hall–Kier alpha value is -3.39. The van der Waals surface area contributed by atoms with Gasteiger partial charge in [-0.05, 0) is 68.0 Å². The molecule has 2 aromatic carbocycles. The lowest BCUT2D eigenvalue weighted by Crippen LogP contribution is -2.47. The Morgan fingerprint density at radius 3 is 2.54 bits per heavy atom. The first-order chi connectivity index (χ1) is 16.8. The number of carbonyl (C=O) groups is 3. The van der Waals surface area contributed by atoms with Gasteiger partial charge in [-0.15, -0.1) is 0 Å². The summed E-state index contributed by atoms with van der Waals surface area (Å²) in [4.78, 5) is 39.8. The van der Waals surface area contributed by atoms with Gasteiger partial charge < -0.3 is 20.1 Å². The molecule has 0 spiro atoms. The van der Waals surface area contributed by atoms with E-state index in [1.165, 1.54) is 4.90 Å². The van der Waals surface area contributed by atoms with Crippen LogP contribution in [0.25, 0.3) is 0 Å². The maximum Gasteiger partial charge on any atom is 0.324 e. The monoisotopic (exact) mass is 479 g/mol. The van der Waals surface area contributed by atoms with Crippen LogP contribution in [0.2, 0.25) is 0 Å². The summed E-state index contributed by atoms with van der Waals surface area (Å²) in [6.45, 7) is 5.31. The summed E-state index contributed by atoms with van der Waals surface area (Å²) in [5.41, 5.74) is 3.46. The predicted octanol–water partition coefficient (Wildman–Crippen LogP) is 3.70. The first-order valence-corrected chi connectivity index (χ1v) is 12.0. The molecule has 4 amide bonds. The Bertz CT molecular complexity index is 1090. The molecule has 2 fully saturated rings. The van der Waals surface area contributed by atoms with E-state index in [0.29, 0.717) is 26.1 Å². The molecule has 35 heavy (non-hydrogen) atoms. The molecular weight excluding hydrogens is 446 g/mol. The third-order valence-electron chi connectivity index (χ3n) is 7.05. The molecule has 1 unspecified atom stereocenters. The van der Waals surface area contributed by atoms with Crippen LogP contribution < -0.4 is 15.4 Å². The van der Waals surface area contributed by atoms with Gasteiger partial charge in [0.05, 0.1) is 7.11 Å². The number of imide groups is 1.